The van der Waals surface area contributed by atoms with Gasteiger partial charge in [-0.25, -0.2) is 4.98 Å². The Morgan fingerprint density at radius 1 is 1.27 bits per heavy atom. The predicted octanol–water partition coefficient (Wildman–Crippen LogP) is 2.65. The standard InChI is InChI=1S/C13H16N2/c1-3-10-8-11-12(14-4-2)6-5-7-13(11)15-9-10/h5-9,14H,3-4H2,1-2H3/p+1. The number of nitrogens with one attached hydrogen (secondary N) is 2. The molecular formula is C13H17N2+. The highest BCUT2D eigenvalue weighted by atomic mass is 14.9. The number of aromatic amines is 1. The minimum atomic E-state index is 0.954. The molecule has 0 fully saturated rings. The quantitative estimate of drug-likeness (QED) is 0.811. The van der Waals surface area contributed by atoms with Crippen LogP contribution in [0.15, 0.2) is 30.5 Å². The molecule has 1 heterocycles. The van der Waals surface area contributed by atoms with Crippen LogP contribution in [0.5, 0.6) is 0 Å². The van der Waals surface area contributed by atoms with Crippen molar-refractivity contribution < 1.29 is 4.98 Å². The molecule has 2 nitrogen and oxygen atoms in total. The van der Waals surface area contributed by atoms with Gasteiger partial charge in [-0.05, 0) is 25.5 Å². The summed E-state index contributed by atoms with van der Waals surface area (Å²) in [6, 6.07) is 8.56. The van der Waals surface area contributed by atoms with Crippen LogP contribution in [0.1, 0.15) is 19.4 Å². The number of rotatable bonds is 3. The Morgan fingerprint density at radius 2 is 2.13 bits per heavy atom. The lowest BCUT2D eigenvalue weighted by Crippen LogP contribution is -2.06. The molecule has 0 bridgehead atoms. The number of aromatic nitrogens is 1. The molecule has 0 aliphatic carbocycles. The molecule has 1 aromatic carbocycles. The minimum absolute atomic E-state index is 0.954. The molecule has 0 aliphatic rings. The van der Waals surface area contributed by atoms with E-state index in [4.69, 9.17) is 0 Å². The monoisotopic (exact) mass is 201 g/mol. The van der Waals surface area contributed by atoms with E-state index in [1.807, 2.05) is 0 Å². The van der Waals surface area contributed by atoms with E-state index < -0.39 is 0 Å². The molecule has 0 radical (unpaired) electrons. The fourth-order valence-corrected chi connectivity index (χ4v) is 1.79. The van der Waals surface area contributed by atoms with E-state index >= 15 is 0 Å². The maximum Gasteiger partial charge on any atom is 0.212 e. The highest BCUT2D eigenvalue weighted by Crippen LogP contribution is 2.21. The van der Waals surface area contributed by atoms with Crippen molar-refractivity contribution in [3.63, 3.8) is 0 Å². The number of hydrogen-bond acceptors (Lipinski definition) is 1. The molecule has 1 aromatic heterocycles. The summed E-state index contributed by atoms with van der Waals surface area (Å²) in [6.45, 7) is 5.24. The lowest BCUT2D eigenvalue weighted by atomic mass is 10.1. The molecular weight excluding hydrogens is 184 g/mol. The lowest BCUT2D eigenvalue weighted by molar-refractivity contribution is -0.345. The Labute approximate surface area is 90.3 Å². The van der Waals surface area contributed by atoms with Crippen molar-refractivity contribution in [3.05, 3.63) is 36.0 Å². The van der Waals surface area contributed by atoms with E-state index in [9.17, 15) is 0 Å². The van der Waals surface area contributed by atoms with Gasteiger partial charge >= 0.3 is 0 Å². The zero-order chi connectivity index (χ0) is 10.7. The highest BCUT2D eigenvalue weighted by Gasteiger charge is 2.05. The van der Waals surface area contributed by atoms with Crippen LogP contribution < -0.4 is 10.3 Å². The van der Waals surface area contributed by atoms with Crippen molar-refractivity contribution in [2.24, 2.45) is 0 Å². The van der Waals surface area contributed by atoms with Crippen molar-refractivity contribution in [3.8, 4) is 0 Å². The predicted molar refractivity (Wildman–Crippen MR) is 64.0 cm³/mol. The second-order valence-corrected chi connectivity index (χ2v) is 3.66. The molecule has 15 heavy (non-hydrogen) atoms. The van der Waals surface area contributed by atoms with E-state index in [0.717, 1.165) is 13.0 Å². The van der Waals surface area contributed by atoms with E-state index in [-0.39, 0.29) is 0 Å². The molecule has 0 spiro atoms. The van der Waals surface area contributed by atoms with Crippen LogP contribution in [0.4, 0.5) is 5.69 Å². The number of hydrogen-bond donors (Lipinski definition) is 1. The summed E-state index contributed by atoms with van der Waals surface area (Å²) in [6.07, 6.45) is 3.14. The van der Waals surface area contributed by atoms with Crippen LogP contribution in [0, 0.1) is 0 Å². The number of H-pyrrole nitrogens is 1. The summed E-state index contributed by atoms with van der Waals surface area (Å²) >= 11 is 0. The van der Waals surface area contributed by atoms with Gasteiger partial charge in [0, 0.05) is 23.9 Å². The summed E-state index contributed by atoms with van der Waals surface area (Å²) in [4.78, 5) is 3.33. The minimum Gasteiger partial charge on any atom is -0.385 e. The average Bonchev–Trinajstić information content (AvgIpc) is 2.29. The normalized spacial score (nSPS) is 10.5. The Balaban J connectivity index is 2.59. The summed E-state index contributed by atoms with van der Waals surface area (Å²) in [5.41, 5.74) is 3.74. The number of aryl methyl sites for hydroxylation is 1. The zero-order valence-corrected chi connectivity index (χ0v) is 9.30. The van der Waals surface area contributed by atoms with Gasteiger partial charge < -0.3 is 5.32 Å². The third-order valence-electron chi connectivity index (χ3n) is 2.62. The van der Waals surface area contributed by atoms with Gasteiger partial charge in [0.25, 0.3) is 0 Å². The maximum absolute atomic E-state index is 3.38. The first-order valence-electron chi connectivity index (χ1n) is 5.52. The third-order valence-corrected chi connectivity index (χ3v) is 2.62. The van der Waals surface area contributed by atoms with Crippen LogP contribution in [0.25, 0.3) is 10.9 Å². The van der Waals surface area contributed by atoms with Gasteiger partial charge in [0.2, 0.25) is 5.52 Å². The summed E-state index contributed by atoms with van der Waals surface area (Å²) < 4.78 is 0. The van der Waals surface area contributed by atoms with Crippen LogP contribution in [0.3, 0.4) is 0 Å². The van der Waals surface area contributed by atoms with Gasteiger partial charge in [0.1, 0.15) is 0 Å². The van der Waals surface area contributed by atoms with Gasteiger partial charge in [0.15, 0.2) is 6.20 Å². The molecule has 2 N–H and O–H groups in total. The molecule has 78 valence electrons. The van der Waals surface area contributed by atoms with E-state index in [1.165, 1.54) is 22.2 Å². The first-order chi connectivity index (χ1) is 7.35. The Hall–Kier alpha value is -1.57. The van der Waals surface area contributed by atoms with Crippen LogP contribution in [0.2, 0.25) is 0 Å². The van der Waals surface area contributed by atoms with Crippen LogP contribution in [-0.4, -0.2) is 6.54 Å². The largest absolute Gasteiger partial charge is 0.385 e. The number of fused-ring (bicyclic) bond motifs is 1. The Morgan fingerprint density at radius 3 is 2.87 bits per heavy atom. The fraction of sp³-hybridized carbons (Fsp3) is 0.308. The molecule has 0 saturated heterocycles. The fourth-order valence-electron chi connectivity index (χ4n) is 1.79. The molecule has 0 amide bonds. The van der Waals surface area contributed by atoms with Gasteiger partial charge in [-0.15, -0.1) is 0 Å². The molecule has 0 saturated carbocycles. The first-order valence-corrected chi connectivity index (χ1v) is 5.52. The SMILES string of the molecule is CCNc1cccc2[nH+]cc(CC)cc12. The van der Waals surface area contributed by atoms with Crippen molar-refractivity contribution in [2.45, 2.75) is 20.3 Å². The van der Waals surface area contributed by atoms with Crippen molar-refractivity contribution in [1.82, 2.24) is 0 Å². The number of anilines is 1. The third kappa shape index (κ3) is 1.94. The highest BCUT2D eigenvalue weighted by molar-refractivity contribution is 5.89. The molecule has 2 aromatic rings. The Kier molecular flexibility index (Phi) is 2.86. The van der Waals surface area contributed by atoms with Crippen LogP contribution in [-0.2, 0) is 6.42 Å². The molecule has 2 rings (SSSR count). The van der Waals surface area contributed by atoms with E-state index in [0.29, 0.717) is 0 Å². The molecule has 2 heteroatoms. The van der Waals surface area contributed by atoms with Gasteiger partial charge in [-0.1, -0.05) is 13.0 Å². The van der Waals surface area contributed by atoms with Gasteiger partial charge in [0.05, 0.1) is 5.39 Å². The van der Waals surface area contributed by atoms with E-state index in [2.05, 4.69) is 54.6 Å². The van der Waals surface area contributed by atoms with Crippen molar-refractivity contribution >= 4 is 16.6 Å². The van der Waals surface area contributed by atoms with E-state index in [1.54, 1.807) is 0 Å². The second kappa shape index (κ2) is 4.30. The zero-order valence-electron chi connectivity index (χ0n) is 9.30. The van der Waals surface area contributed by atoms with Gasteiger partial charge in [-0.2, -0.15) is 0 Å². The Bertz CT molecular complexity index is 463. The maximum atomic E-state index is 3.38. The number of benzene rings is 1. The van der Waals surface area contributed by atoms with Crippen molar-refractivity contribution in [2.75, 3.05) is 11.9 Å². The lowest BCUT2D eigenvalue weighted by Gasteiger charge is -2.05. The summed E-state index contributed by atoms with van der Waals surface area (Å²) in [7, 11) is 0. The second-order valence-electron chi connectivity index (χ2n) is 3.66. The average molecular weight is 201 g/mol. The van der Waals surface area contributed by atoms with Crippen LogP contribution >= 0.6 is 0 Å². The molecule has 0 aliphatic heterocycles. The topological polar surface area (TPSA) is 26.2 Å². The smallest absolute Gasteiger partial charge is 0.212 e. The molecule has 0 atom stereocenters. The summed E-state index contributed by atoms with van der Waals surface area (Å²) in [5, 5.41) is 4.66. The first kappa shape index (κ1) is 9.97. The van der Waals surface area contributed by atoms with Crippen molar-refractivity contribution in [1.29, 1.82) is 0 Å². The molecule has 0 unspecified atom stereocenters. The van der Waals surface area contributed by atoms with Gasteiger partial charge in [-0.3, -0.25) is 0 Å². The number of pyridine rings is 1. The summed E-state index contributed by atoms with van der Waals surface area (Å²) in [5.74, 6) is 0.